The van der Waals surface area contributed by atoms with Crippen molar-refractivity contribution >= 4 is 33.8 Å². The third-order valence-corrected chi connectivity index (χ3v) is 12.4. The fourth-order valence-electron chi connectivity index (χ4n) is 6.77. The van der Waals surface area contributed by atoms with Crippen molar-refractivity contribution in [2.75, 3.05) is 46.4 Å². The molecule has 0 aromatic heterocycles. The number of carbonyl (C=O) groups excluding carboxylic acids is 2. The summed E-state index contributed by atoms with van der Waals surface area (Å²) in [6.45, 7) is 5.69. The van der Waals surface area contributed by atoms with Crippen LogP contribution in [0.25, 0.3) is 0 Å². The predicted molar refractivity (Wildman–Crippen MR) is 224 cm³/mol. The minimum atomic E-state index is 0.218. The summed E-state index contributed by atoms with van der Waals surface area (Å²) in [6.07, 6.45) is 35.8. The number of methoxy groups -OCH3 is 2. The van der Waals surface area contributed by atoms with Crippen LogP contribution in [0.5, 0.6) is 0 Å². The molecule has 0 rings (SSSR count). The number of hydrogen-bond acceptors (Lipinski definition) is 7. The number of nitrogens with zero attached hydrogens (tertiary/aromatic N) is 1. The van der Waals surface area contributed by atoms with Crippen molar-refractivity contribution in [2.24, 2.45) is 5.92 Å². The molecular formula is C43H85NO4S2. The molecule has 2 unspecified atom stereocenters. The first-order valence-electron chi connectivity index (χ1n) is 21.4. The van der Waals surface area contributed by atoms with Crippen LogP contribution in [0, 0.1) is 5.92 Å². The molecule has 0 aliphatic carbocycles. The van der Waals surface area contributed by atoms with Crippen molar-refractivity contribution in [3.05, 3.63) is 0 Å². The third kappa shape index (κ3) is 35.0. The molecule has 0 aromatic carbocycles. The number of carbonyl (C=O) groups is 2. The van der Waals surface area contributed by atoms with E-state index in [4.69, 9.17) is 9.47 Å². The molecule has 0 aromatic rings. The fraction of sp³-hybridized carbons (Fsp3) is 0.953. The van der Waals surface area contributed by atoms with Gasteiger partial charge in [0.25, 0.3) is 0 Å². The van der Waals surface area contributed by atoms with Gasteiger partial charge in [-0.15, -0.1) is 0 Å². The van der Waals surface area contributed by atoms with E-state index >= 15 is 0 Å². The maximum absolute atomic E-state index is 12.4. The molecule has 5 nitrogen and oxygen atoms in total. The lowest BCUT2D eigenvalue weighted by molar-refractivity contribution is -0.111. The second-order valence-corrected chi connectivity index (χ2v) is 17.4. The molecule has 298 valence electrons. The van der Waals surface area contributed by atoms with Gasteiger partial charge in [-0.05, 0) is 58.7 Å². The largest absolute Gasteiger partial charge is 0.381 e. The minimum absolute atomic E-state index is 0.218. The van der Waals surface area contributed by atoms with Crippen LogP contribution in [-0.4, -0.2) is 73.7 Å². The van der Waals surface area contributed by atoms with Crippen molar-refractivity contribution in [1.29, 1.82) is 0 Å². The van der Waals surface area contributed by atoms with Gasteiger partial charge >= 0.3 is 0 Å². The Morgan fingerprint density at radius 1 is 0.480 bits per heavy atom. The summed E-state index contributed by atoms with van der Waals surface area (Å²) in [7, 11) is 7.93. The van der Waals surface area contributed by atoms with Gasteiger partial charge in [0.1, 0.15) is 0 Å². The number of hydrogen-bond donors (Lipinski definition) is 0. The molecule has 0 spiro atoms. The van der Waals surface area contributed by atoms with E-state index in [2.05, 4.69) is 32.8 Å². The van der Waals surface area contributed by atoms with Crippen molar-refractivity contribution in [2.45, 2.75) is 212 Å². The Kier molecular flexibility index (Phi) is 38.6. The highest BCUT2D eigenvalue weighted by Gasteiger charge is 2.13. The van der Waals surface area contributed by atoms with Crippen LogP contribution in [0.3, 0.4) is 0 Å². The predicted octanol–water partition coefficient (Wildman–Crippen LogP) is 13.1. The van der Waals surface area contributed by atoms with Crippen LogP contribution in [0.15, 0.2) is 0 Å². The maximum Gasteiger partial charge on any atom is 0.189 e. The Morgan fingerprint density at radius 2 is 0.820 bits per heavy atom. The zero-order valence-electron chi connectivity index (χ0n) is 34.3. The van der Waals surface area contributed by atoms with E-state index in [0.29, 0.717) is 23.1 Å². The first-order valence-corrected chi connectivity index (χ1v) is 23.3. The first-order chi connectivity index (χ1) is 24.4. The molecule has 0 amide bonds. The lowest BCUT2D eigenvalue weighted by Gasteiger charge is -2.18. The molecule has 0 aliphatic rings. The van der Waals surface area contributed by atoms with Gasteiger partial charge in [-0.2, -0.15) is 0 Å². The highest BCUT2D eigenvalue weighted by Crippen LogP contribution is 2.25. The SMILES string of the molecule is CCCCCCCC(CSC(=O)CCCCCCCC(CCCCCCCC(=O)SCC(CCCCCCC)OC)CCCCN(C)C)OC. The molecule has 50 heavy (non-hydrogen) atoms. The topological polar surface area (TPSA) is 55.8 Å². The summed E-state index contributed by atoms with van der Waals surface area (Å²) < 4.78 is 11.3. The Balaban J connectivity index is 4.08. The van der Waals surface area contributed by atoms with Crippen LogP contribution in [0.1, 0.15) is 200 Å². The molecular weight excluding hydrogens is 659 g/mol. The first kappa shape index (κ1) is 49.9. The average Bonchev–Trinajstić information content (AvgIpc) is 3.11. The highest BCUT2D eigenvalue weighted by atomic mass is 32.2. The molecule has 0 saturated heterocycles. The molecule has 0 aliphatic heterocycles. The van der Waals surface area contributed by atoms with E-state index in [1.807, 2.05) is 0 Å². The maximum atomic E-state index is 12.4. The van der Waals surface area contributed by atoms with Gasteiger partial charge in [0.15, 0.2) is 10.2 Å². The standard InChI is InChI=1S/C43H85NO4S2/c1-7-9-11-15-23-32-40(47-5)37-49-42(45)34-25-19-13-17-21-29-39(31-27-28-36-44(3)4)30-22-18-14-20-26-35-43(46)50-38-41(48-6)33-24-16-12-10-8-2/h39-41H,7-38H2,1-6H3. The van der Waals surface area contributed by atoms with Gasteiger partial charge in [0.05, 0.1) is 12.2 Å². The number of rotatable bonds is 39. The fourth-order valence-corrected chi connectivity index (χ4v) is 8.69. The van der Waals surface area contributed by atoms with Gasteiger partial charge in [-0.3, -0.25) is 9.59 Å². The van der Waals surface area contributed by atoms with Gasteiger partial charge in [-0.1, -0.05) is 179 Å². The van der Waals surface area contributed by atoms with E-state index in [1.165, 1.54) is 178 Å². The summed E-state index contributed by atoms with van der Waals surface area (Å²) in [5.74, 6) is 2.48. The van der Waals surface area contributed by atoms with Gasteiger partial charge in [0.2, 0.25) is 0 Å². The lowest BCUT2D eigenvalue weighted by Crippen LogP contribution is -2.15. The van der Waals surface area contributed by atoms with Gasteiger partial charge < -0.3 is 14.4 Å². The molecule has 0 fully saturated rings. The van der Waals surface area contributed by atoms with Crippen molar-refractivity contribution in [3.8, 4) is 0 Å². The highest BCUT2D eigenvalue weighted by molar-refractivity contribution is 8.13. The second kappa shape index (κ2) is 38.6. The van der Waals surface area contributed by atoms with Crippen molar-refractivity contribution < 1.29 is 19.1 Å². The van der Waals surface area contributed by atoms with Crippen LogP contribution in [0.2, 0.25) is 0 Å². The van der Waals surface area contributed by atoms with Crippen LogP contribution < -0.4 is 0 Å². The smallest absolute Gasteiger partial charge is 0.189 e. The molecule has 0 heterocycles. The number of thioether (sulfide) groups is 2. The van der Waals surface area contributed by atoms with E-state index < -0.39 is 0 Å². The molecule has 0 saturated carbocycles. The normalized spacial score (nSPS) is 13.6. The molecule has 2 atom stereocenters. The Hall–Kier alpha value is -0.0800. The quantitative estimate of drug-likeness (QED) is 0.0581. The summed E-state index contributed by atoms with van der Waals surface area (Å²) in [5.41, 5.74) is 0. The Morgan fingerprint density at radius 3 is 1.20 bits per heavy atom. The Bertz CT molecular complexity index is 686. The summed E-state index contributed by atoms with van der Waals surface area (Å²) in [6, 6.07) is 0. The van der Waals surface area contributed by atoms with Crippen LogP contribution in [0.4, 0.5) is 0 Å². The monoisotopic (exact) mass is 744 g/mol. The van der Waals surface area contributed by atoms with E-state index in [9.17, 15) is 9.59 Å². The lowest BCUT2D eigenvalue weighted by atomic mass is 9.90. The summed E-state index contributed by atoms with van der Waals surface area (Å²) in [4.78, 5) is 27.2. The zero-order valence-corrected chi connectivity index (χ0v) is 35.9. The third-order valence-electron chi connectivity index (χ3n) is 10.2. The van der Waals surface area contributed by atoms with E-state index in [1.54, 1.807) is 14.2 Å². The number of ether oxygens (including phenoxy) is 2. The van der Waals surface area contributed by atoms with Gasteiger partial charge in [-0.25, -0.2) is 0 Å². The van der Waals surface area contributed by atoms with Crippen LogP contribution >= 0.6 is 23.5 Å². The molecule has 7 heteroatoms. The summed E-state index contributed by atoms with van der Waals surface area (Å²) in [5, 5.41) is 0.695. The molecule has 0 N–H and O–H groups in total. The van der Waals surface area contributed by atoms with Crippen molar-refractivity contribution in [3.63, 3.8) is 0 Å². The minimum Gasteiger partial charge on any atom is -0.381 e. The summed E-state index contributed by atoms with van der Waals surface area (Å²) >= 11 is 2.99. The molecule has 0 radical (unpaired) electrons. The molecule has 0 bridgehead atoms. The van der Waals surface area contributed by atoms with Crippen LogP contribution in [-0.2, 0) is 19.1 Å². The van der Waals surface area contributed by atoms with Crippen molar-refractivity contribution in [1.82, 2.24) is 4.90 Å². The number of unbranched alkanes of at least 4 members (excludes halogenated alkanes) is 17. The zero-order chi connectivity index (χ0) is 36.9. The Labute approximate surface area is 321 Å². The van der Waals surface area contributed by atoms with E-state index in [0.717, 1.165) is 43.1 Å². The average molecular weight is 744 g/mol. The van der Waals surface area contributed by atoms with Gasteiger partial charge in [0, 0.05) is 38.6 Å². The van der Waals surface area contributed by atoms with E-state index in [-0.39, 0.29) is 12.2 Å². The second-order valence-electron chi connectivity index (χ2n) is 15.3.